The SMILES string of the molecule is CCCOCCOCCOCCOCCC(=O)N1C[C@H](C(=O)CCCNC(=O)O[C@@H]([C@@H]2OC(C(=O)O)=C[C@H](N=C(N)N)[C@H]2NC(C)=O)[C@H](O)CO)[C@H](C(=O)CCCNC(=O)O[C@@H]([C@@H]2OC(C(=O)O)=C[C@H](N=C(N)N)[C@H]2C)[C@H](O)CO)C1. The highest BCUT2D eigenvalue weighted by atomic mass is 16.6. The summed E-state index contributed by atoms with van der Waals surface area (Å²) < 4.78 is 43.8. The number of rotatable bonds is 37. The molecule has 32 nitrogen and oxygen atoms in total. The molecule has 32 heteroatoms. The van der Waals surface area contributed by atoms with E-state index in [4.69, 9.17) is 60.8 Å². The van der Waals surface area contributed by atoms with Crippen LogP contribution < -0.4 is 38.9 Å². The van der Waals surface area contributed by atoms with Crippen LogP contribution in [0.15, 0.2) is 33.7 Å². The number of carboxylic acids is 2. The van der Waals surface area contributed by atoms with Gasteiger partial charge in [0.1, 0.15) is 29.9 Å². The molecule has 0 aliphatic carbocycles. The number of ether oxygens (including phenoxy) is 8. The molecule has 0 unspecified atom stereocenters. The minimum atomic E-state index is -1.90. The lowest BCUT2D eigenvalue weighted by Gasteiger charge is -2.39. The number of aliphatic carboxylic acids is 2. The lowest BCUT2D eigenvalue weighted by atomic mass is 9.85. The fourth-order valence-electron chi connectivity index (χ4n) is 8.83. The first-order chi connectivity index (χ1) is 38.5. The number of guanidine groups is 2. The third kappa shape index (κ3) is 23.2. The Morgan fingerprint density at radius 3 is 1.51 bits per heavy atom. The van der Waals surface area contributed by atoms with Gasteiger partial charge in [-0.15, -0.1) is 0 Å². The highest BCUT2D eigenvalue weighted by Gasteiger charge is 2.48. The molecular weight excluding hydrogens is 1080 g/mol. The molecule has 0 aromatic heterocycles. The van der Waals surface area contributed by atoms with Gasteiger partial charge in [0.2, 0.25) is 23.3 Å². The van der Waals surface area contributed by atoms with Crippen molar-refractivity contribution in [3.63, 3.8) is 0 Å². The van der Waals surface area contributed by atoms with Gasteiger partial charge in [0.05, 0.1) is 84.0 Å². The smallest absolute Gasteiger partial charge is 0.407 e. The van der Waals surface area contributed by atoms with Gasteiger partial charge in [-0.05, 0) is 31.4 Å². The molecule has 458 valence electrons. The summed E-state index contributed by atoms with van der Waals surface area (Å²) >= 11 is 0. The number of aliphatic imine (C=N–C) groups is 2. The lowest BCUT2D eigenvalue weighted by Crippen LogP contribution is -2.61. The summed E-state index contributed by atoms with van der Waals surface area (Å²) in [7, 11) is 0. The van der Waals surface area contributed by atoms with Gasteiger partial charge < -0.3 is 112 Å². The number of aliphatic hydroxyl groups is 4. The molecule has 17 N–H and O–H groups in total. The normalized spacial score (nSPS) is 22.8. The predicted octanol–water partition coefficient (Wildman–Crippen LogP) is -4.32. The molecule has 3 rings (SSSR count). The number of nitrogens with two attached hydrogens (primary N) is 4. The Kier molecular flexibility index (Phi) is 30.1. The van der Waals surface area contributed by atoms with Crippen LogP contribution in [0, 0.1) is 17.8 Å². The van der Waals surface area contributed by atoms with E-state index in [1.165, 1.54) is 11.8 Å². The number of carbonyl (C=O) groups excluding carboxylic acids is 6. The Morgan fingerprint density at radius 2 is 1.07 bits per heavy atom. The van der Waals surface area contributed by atoms with Crippen LogP contribution in [0.3, 0.4) is 0 Å². The Labute approximate surface area is 466 Å². The maximum absolute atomic E-state index is 13.9. The molecule has 0 spiro atoms. The third-order valence-corrected chi connectivity index (χ3v) is 12.8. The van der Waals surface area contributed by atoms with Gasteiger partial charge in [-0.2, -0.15) is 0 Å². The van der Waals surface area contributed by atoms with Gasteiger partial charge in [-0.25, -0.2) is 29.2 Å². The zero-order valence-electron chi connectivity index (χ0n) is 45.6. The fourth-order valence-corrected chi connectivity index (χ4v) is 8.83. The molecule has 4 amide bonds. The van der Waals surface area contributed by atoms with Crippen molar-refractivity contribution < 1.29 is 107 Å². The van der Waals surface area contributed by atoms with Crippen LogP contribution in [0.4, 0.5) is 9.59 Å². The molecule has 3 aliphatic rings. The van der Waals surface area contributed by atoms with Crippen molar-refractivity contribution in [3.8, 4) is 0 Å². The van der Waals surface area contributed by atoms with E-state index in [0.29, 0.717) is 33.0 Å². The number of alkyl carbamates (subject to hydrolysis) is 2. The van der Waals surface area contributed by atoms with Gasteiger partial charge in [0, 0.05) is 70.3 Å². The monoisotopic (exact) mass is 1160 g/mol. The molecule has 3 heterocycles. The quantitative estimate of drug-likeness (QED) is 0.0159. The molecule has 0 bridgehead atoms. The van der Waals surface area contributed by atoms with Crippen molar-refractivity contribution in [2.45, 2.75) is 114 Å². The van der Waals surface area contributed by atoms with E-state index >= 15 is 0 Å². The van der Waals surface area contributed by atoms with E-state index in [-0.39, 0.29) is 84.1 Å². The van der Waals surface area contributed by atoms with Crippen molar-refractivity contribution in [3.05, 3.63) is 23.7 Å². The molecule has 0 radical (unpaired) electrons. The highest BCUT2D eigenvalue weighted by molar-refractivity contribution is 5.92. The Morgan fingerprint density at radius 1 is 0.654 bits per heavy atom. The van der Waals surface area contributed by atoms with Gasteiger partial charge in [0.15, 0.2) is 30.2 Å². The van der Waals surface area contributed by atoms with Crippen molar-refractivity contribution in [1.82, 2.24) is 20.9 Å². The minimum absolute atomic E-state index is 0.00493. The summed E-state index contributed by atoms with van der Waals surface area (Å²) in [6, 6.07) is -3.62. The van der Waals surface area contributed by atoms with Crippen molar-refractivity contribution in [2.75, 3.05) is 92.2 Å². The third-order valence-electron chi connectivity index (χ3n) is 12.8. The van der Waals surface area contributed by atoms with Crippen molar-refractivity contribution in [2.24, 2.45) is 50.7 Å². The van der Waals surface area contributed by atoms with Crippen LogP contribution in [-0.4, -0.2) is 242 Å². The average Bonchev–Trinajstić information content (AvgIpc) is 3.92. The van der Waals surface area contributed by atoms with Crippen LogP contribution in [0.25, 0.3) is 0 Å². The van der Waals surface area contributed by atoms with Crippen LogP contribution >= 0.6 is 0 Å². The molecule has 0 aromatic rings. The number of nitrogens with zero attached hydrogens (tertiary/aromatic N) is 3. The number of likely N-dealkylation sites (tertiary alicyclic amines) is 1. The summed E-state index contributed by atoms with van der Waals surface area (Å²) in [4.78, 5) is 113. The van der Waals surface area contributed by atoms with E-state index in [1.54, 1.807) is 0 Å². The number of carboxylic acid groups (broad SMARTS) is 2. The molecular formula is C49H80N10O22. The second kappa shape index (κ2) is 35.7. The molecule has 1 saturated heterocycles. The molecule has 0 saturated carbocycles. The van der Waals surface area contributed by atoms with Gasteiger partial charge in [0.25, 0.3) is 0 Å². The molecule has 81 heavy (non-hydrogen) atoms. The number of hydrogen-bond acceptors (Lipinski definition) is 22. The molecule has 12 atom stereocenters. The van der Waals surface area contributed by atoms with Gasteiger partial charge in [-0.1, -0.05) is 13.8 Å². The van der Waals surface area contributed by atoms with Crippen molar-refractivity contribution >= 4 is 59.4 Å². The molecule has 0 aromatic carbocycles. The summed E-state index contributed by atoms with van der Waals surface area (Å²) in [5, 5.41) is 67.8. The lowest BCUT2D eigenvalue weighted by molar-refractivity contribution is -0.147. The van der Waals surface area contributed by atoms with Crippen LogP contribution in [0.5, 0.6) is 0 Å². The first-order valence-electron chi connectivity index (χ1n) is 26.3. The number of nitrogens with one attached hydrogen (secondary N) is 3. The maximum atomic E-state index is 13.9. The number of carbonyl (C=O) groups is 8. The summed E-state index contributed by atoms with van der Waals surface area (Å²) in [6.45, 7) is 4.68. The van der Waals surface area contributed by atoms with E-state index in [9.17, 15) is 69.0 Å². The maximum Gasteiger partial charge on any atom is 0.407 e. The van der Waals surface area contributed by atoms with E-state index in [0.717, 1.165) is 25.5 Å². The topological polar surface area (TPSA) is 500 Å². The predicted molar refractivity (Wildman–Crippen MR) is 280 cm³/mol. The van der Waals surface area contributed by atoms with E-state index < -0.39 is 151 Å². The molecule has 3 aliphatic heterocycles. The number of amides is 4. The standard InChI is InChI=1S/C49H80N10O22/c1-4-12-74-14-16-76-18-19-77-17-15-75-13-9-38(67)59-22-28(32(63)7-5-10-54-48(72)80-41(34(65)24-60)40-26(2)30(57-46(50)51)20-36(78-40)44(68)69)29(23-59)33(64)8-6-11-55-49(73)81-42(35(66)25-61)43-39(56-27(3)62)31(58-47(52)53)21-37(79-43)45(70)71/h20-21,26,28-31,34-35,39-43,60-61,65-66H,4-19,22-25H2,1-3H3,(H,54,72)(H,55,73)(H,56,62)(H,68,69)(H,70,71)(H4,50,51,57)(H4,52,53,58)/t26-,28-,29+,30+,31+,34-,35-,39-,40-,41-,42-,43-/m1/s1. The molecule has 1 fully saturated rings. The van der Waals surface area contributed by atoms with E-state index in [2.05, 4.69) is 25.9 Å². The zero-order chi connectivity index (χ0) is 60.2. The fraction of sp³-hybridized carbons (Fsp3) is 0.714. The first kappa shape index (κ1) is 68.3. The average molecular weight is 1160 g/mol. The van der Waals surface area contributed by atoms with E-state index in [1.807, 2.05) is 6.92 Å². The number of aliphatic hydroxyl groups excluding tert-OH is 4. The first-order valence-corrected chi connectivity index (χ1v) is 26.3. The highest BCUT2D eigenvalue weighted by Crippen LogP contribution is 2.32. The van der Waals surface area contributed by atoms with Crippen molar-refractivity contribution in [1.29, 1.82) is 0 Å². The van der Waals surface area contributed by atoms with Crippen LogP contribution in [0.2, 0.25) is 0 Å². The number of ketones is 2. The van der Waals surface area contributed by atoms with Crippen LogP contribution in [0.1, 0.15) is 59.3 Å². The Balaban J connectivity index is 1.66. The summed E-state index contributed by atoms with van der Waals surface area (Å²) in [5.74, 6) is -10.1. The minimum Gasteiger partial charge on any atom is -0.479 e. The van der Waals surface area contributed by atoms with Gasteiger partial charge >= 0.3 is 24.1 Å². The number of hydrogen-bond donors (Lipinski definition) is 13. The Bertz CT molecular complexity index is 2210. The van der Waals surface area contributed by atoms with Gasteiger partial charge in [-0.3, -0.25) is 19.2 Å². The number of Topliss-reactive ketones (excluding diaryl/α,β-unsaturated/α-hetero) is 2. The summed E-state index contributed by atoms with van der Waals surface area (Å²) in [6.07, 6.45) is -10.1. The second-order valence-electron chi connectivity index (χ2n) is 19.0. The zero-order valence-corrected chi connectivity index (χ0v) is 45.6. The van der Waals surface area contributed by atoms with Crippen LogP contribution in [-0.2, 0) is 66.7 Å². The Hall–Kier alpha value is -6.94. The second-order valence-corrected chi connectivity index (χ2v) is 19.0. The summed E-state index contributed by atoms with van der Waals surface area (Å²) in [5.41, 5.74) is 22.1. The largest absolute Gasteiger partial charge is 0.479 e.